The van der Waals surface area contributed by atoms with E-state index in [1.54, 1.807) is 0 Å². The standard InChI is InChI=1S/C17H34N2OS/c1-5-9-13-19(14-10-6-2)16(20)17(11-7-3,12-8-4)15(18)21/h5-14H2,1-4H3,(H2,18,21). The minimum absolute atomic E-state index is 0.167. The number of unbranched alkanes of at least 4 members (excludes halogenated alkanes) is 2. The summed E-state index contributed by atoms with van der Waals surface area (Å²) in [5, 5.41) is 0. The minimum atomic E-state index is -0.625. The lowest BCUT2D eigenvalue weighted by Gasteiger charge is -2.36. The number of nitrogens with zero attached hydrogens (tertiary/aromatic N) is 1. The second kappa shape index (κ2) is 11.0. The van der Waals surface area contributed by atoms with Crippen molar-refractivity contribution in [3.63, 3.8) is 0 Å². The van der Waals surface area contributed by atoms with Gasteiger partial charge in [-0.25, -0.2) is 0 Å². The first-order valence-corrected chi connectivity index (χ1v) is 9.00. The quantitative estimate of drug-likeness (QED) is 0.547. The van der Waals surface area contributed by atoms with Crippen molar-refractivity contribution in [3.8, 4) is 0 Å². The number of carbonyl (C=O) groups is 1. The molecule has 124 valence electrons. The lowest BCUT2D eigenvalue weighted by Crippen LogP contribution is -2.51. The van der Waals surface area contributed by atoms with Gasteiger partial charge in [-0.05, 0) is 25.7 Å². The van der Waals surface area contributed by atoms with E-state index in [9.17, 15) is 4.79 Å². The molecular weight excluding hydrogens is 280 g/mol. The van der Waals surface area contributed by atoms with E-state index in [0.717, 1.165) is 64.5 Å². The highest BCUT2D eigenvalue weighted by Crippen LogP contribution is 2.33. The zero-order valence-corrected chi connectivity index (χ0v) is 15.2. The predicted octanol–water partition coefficient (Wildman–Crippen LogP) is 4.29. The Hall–Kier alpha value is -0.640. The maximum absolute atomic E-state index is 13.2. The van der Waals surface area contributed by atoms with Crippen LogP contribution in [-0.4, -0.2) is 28.9 Å². The molecule has 0 atom stereocenters. The first-order valence-electron chi connectivity index (χ1n) is 8.59. The number of hydrogen-bond donors (Lipinski definition) is 1. The zero-order valence-electron chi connectivity index (χ0n) is 14.4. The smallest absolute Gasteiger partial charge is 0.235 e. The molecule has 0 heterocycles. The summed E-state index contributed by atoms with van der Waals surface area (Å²) in [7, 11) is 0. The first-order chi connectivity index (χ1) is 9.99. The lowest BCUT2D eigenvalue weighted by atomic mass is 9.77. The number of hydrogen-bond acceptors (Lipinski definition) is 2. The van der Waals surface area contributed by atoms with Crippen LogP contribution in [0.2, 0.25) is 0 Å². The summed E-state index contributed by atoms with van der Waals surface area (Å²) in [4.78, 5) is 15.6. The van der Waals surface area contributed by atoms with Crippen LogP contribution in [0.15, 0.2) is 0 Å². The zero-order chi connectivity index (χ0) is 16.3. The van der Waals surface area contributed by atoms with E-state index in [1.165, 1.54) is 0 Å². The Labute approximate surface area is 136 Å². The third kappa shape index (κ3) is 5.93. The highest BCUT2D eigenvalue weighted by atomic mass is 32.1. The molecule has 0 radical (unpaired) electrons. The molecule has 0 aromatic heterocycles. The van der Waals surface area contributed by atoms with E-state index < -0.39 is 5.41 Å². The molecular formula is C17H34N2OS. The maximum Gasteiger partial charge on any atom is 0.235 e. The van der Waals surface area contributed by atoms with Gasteiger partial charge in [0.2, 0.25) is 5.91 Å². The molecule has 0 aromatic rings. The molecule has 0 aromatic carbocycles. The Kier molecular flexibility index (Phi) is 10.7. The molecule has 0 bridgehead atoms. The van der Waals surface area contributed by atoms with E-state index in [-0.39, 0.29) is 5.91 Å². The highest BCUT2D eigenvalue weighted by molar-refractivity contribution is 7.80. The second-order valence-electron chi connectivity index (χ2n) is 5.95. The van der Waals surface area contributed by atoms with Crippen LogP contribution < -0.4 is 5.73 Å². The van der Waals surface area contributed by atoms with Crippen molar-refractivity contribution in [1.29, 1.82) is 0 Å². The van der Waals surface area contributed by atoms with Crippen molar-refractivity contribution in [1.82, 2.24) is 4.90 Å². The fraction of sp³-hybridized carbons (Fsp3) is 0.882. The van der Waals surface area contributed by atoms with Gasteiger partial charge in [0.15, 0.2) is 0 Å². The number of rotatable bonds is 12. The molecule has 0 aliphatic rings. The van der Waals surface area contributed by atoms with Gasteiger partial charge in [-0.2, -0.15) is 0 Å². The number of nitrogens with two attached hydrogens (primary N) is 1. The second-order valence-corrected chi connectivity index (χ2v) is 6.39. The Morgan fingerprint density at radius 2 is 1.38 bits per heavy atom. The molecule has 0 unspecified atom stereocenters. The largest absolute Gasteiger partial charge is 0.392 e. The van der Waals surface area contributed by atoms with Crippen LogP contribution >= 0.6 is 12.2 Å². The molecule has 0 saturated carbocycles. The van der Waals surface area contributed by atoms with Gasteiger partial charge in [0.25, 0.3) is 0 Å². The molecule has 0 spiro atoms. The Balaban J connectivity index is 5.28. The summed E-state index contributed by atoms with van der Waals surface area (Å²) in [5.41, 5.74) is 5.40. The van der Waals surface area contributed by atoms with Crippen molar-refractivity contribution in [2.45, 2.75) is 79.1 Å². The highest BCUT2D eigenvalue weighted by Gasteiger charge is 2.42. The van der Waals surface area contributed by atoms with Gasteiger partial charge in [-0.15, -0.1) is 0 Å². The number of thiocarbonyl (C=S) groups is 1. The summed E-state index contributed by atoms with van der Waals surface area (Å²) >= 11 is 5.31. The number of carbonyl (C=O) groups excluding carboxylic acids is 1. The summed E-state index contributed by atoms with van der Waals surface area (Å²) in [6, 6.07) is 0. The molecule has 0 aliphatic heterocycles. The van der Waals surface area contributed by atoms with E-state index in [0.29, 0.717) is 4.99 Å². The summed E-state index contributed by atoms with van der Waals surface area (Å²) in [6.07, 6.45) is 7.67. The maximum atomic E-state index is 13.2. The molecule has 3 nitrogen and oxygen atoms in total. The summed E-state index contributed by atoms with van der Waals surface area (Å²) in [6.45, 7) is 10.2. The fourth-order valence-corrected chi connectivity index (χ4v) is 3.15. The normalized spacial score (nSPS) is 11.4. The van der Waals surface area contributed by atoms with Crippen molar-refractivity contribution in [3.05, 3.63) is 0 Å². The molecule has 1 amide bonds. The van der Waals surface area contributed by atoms with Gasteiger partial charge in [0.1, 0.15) is 0 Å². The average molecular weight is 315 g/mol. The Morgan fingerprint density at radius 3 is 1.67 bits per heavy atom. The third-order valence-corrected chi connectivity index (χ3v) is 4.48. The van der Waals surface area contributed by atoms with Crippen molar-refractivity contribution >= 4 is 23.1 Å². The van der Waals surface area contributed by atoms with Crippen LogP contribution in [0.5, 0.6) is 0 Å². The van der Waals surface area contributed by atoms with Crippen LogP contribution in [0.4, 0.5) is 0 Å². The monoisotopic (exact) mass is 314 g/mol. The molecule has 0 rings (SSSR count). The SMILES string of the molecule is CCCCN(CCCC)C(=O)C(CCC)(CCC)C(N)=S. The first kappa shape index (κ1) is 20.4. The Morgan fingerprint density at radius 1 is 0.952 bits per heavy atom. The molecule has 4 heteroatoms. The molecule has 21 heavy (non-hydrogen) atoms. The van der Waals surface area contributed by atoms with Gasteiger partial charge < -0.3 is 10.6 Å². The van der Waals surface area contributed by atoms with Gasteiger partial charge in [-0.3, -0.25) is 4.79 Å². The molecule has 0 aliphatic carbocycles. The van der Waals surface area contributed by atoms with Crippen LogP contribution in [0.25, 0.3) is 0 Å². The van der Waals surface area contributed by atoms with E-state index >= 15 is 0 Å². The van der Waals surface area contributed by atoms with Crippen LogP contribution in [0, 0.1) is 5.41 Å². The van der Waals surface area contributed by atoms with Gasteiger partial charge in [-0.1, -0.05) is 65.6 Å². The summed E-state index contributed by atoms with van der Waals surface area (Å²) < 4.78 is 0. The third-order valence-electron chi connectivity index (χ3n) is 4.08. The average Bonchev–Trinajstić information content (AvgIpc) is 2.46. The van der Waals surface area contributed by atoms with Crippen molar-refractivity contribution in [2.75, 3.05) is 13.1 Å². The van der Waals surface area contributed by atoms with Crippen LogP contribution in [0.3, 0.4) is 0 Å². The van der Waals surface area contributed by atoms with Crippen LogP contribution in [-0.2, 0) is 4.79 Å². The van der Waals surface area contributed by atoms with E-state index in [4.69, 9.17) is 18.0 Å². The molecule has 2 N–H and O–H groups in total. The van der Waals surface area contributed by atoms with Gasteiger partial charge >= 0.3 is 0 Å². The van der Waals surface area contributed by atoms with Gasteiger partial charge in [0.05, 0.1) is 10.4 Å². The fourth-order valence-electron chi connectivity index (χ4n) is 2.86. The summed E-state index contributed by atoms with van der Waals surface area (Å²) in [5.74, 6) is 0.167. The molecule has 0 fully saturated rings. The van der Waals surface area contributed by atoms with Crippen molar-refractivity contribution in [2.24, 2.45) is 11.1 Å². The number of amides is 1. The van der Waals surface area contributed by atoms with Crippen molar-refractivity contribution < 1.29 is 4.79 Å². The van der Waals surface area contributed by atoms with Crippen LogP contribution in [0.1, 0.15) is 79.1 Å². The van der Waals surface area contributed by atoms with E-state index in [2.05, 4.69) is 27.7 Å². The lowest BCUT2D eigenvalue weighted by molar-refractivity contribution is -0.139. The topological polar surface area (TPSA) is 46.3 Å². The molecule has 0 saturated heterocycles. The predicted molar refractivity (Wildman–Crippen MR) is 95.4 cm³/mol. The minimum Gasteiger partial charge on any atom is -0.392 e. The Bertz CT molecular complexity index is 304. The van der Waals surface area contributed by atoms with Gasteiger partial charge in [0, 0.05) is 13.1 Å². The van der Waals surface area contributed by atoms with E-state index in [1.807, 2.05) is 4.90 Å².